The van der Waals surface area contributed by atoms with Crippen LogP contribution in [0.15, 0.2) is 51.8 Å². The molecule has 0 radical (unpaired) electrons. The number of carbonyl (C=O) groups is 1. The molecule has 0 aliphatic rings. The molecule has 0 fully saturated rings. The molecule has 0 spiro atoms. The zero-order valence-electron chi connectivity index (χ0n) is 17.0. The quantitative estimate of drug-likeness (QED) is 0.394. The van der Waals surface area contributed by atoms with Crippen molar-refractivity contribution in [3.63, 3.8) is 0 Å². The van der Waals surface area contributed by atoms with Crippen molar-refractivity contribution in [2.75, 3.05) is 11.6 Å². The minimum Gasteiger partial charge on any atom is -0.433 e. The Bertz CT molecular complexity index is 1330. The van der Waals surface area contributed by atoms with Gasteiger partial charge < -0.3 is 10.1 Å². The number of anilines is 1. The maximum absolute atomic E-state index is 14.2. The molecule has 0 saturated carbocycles. The lowest BCUT2D eigenvalue weighted by Gasteiger charge is -2.16. The summed E-state index contributed by atoms with van der Waals surface area (Å²) in [4.78, 5) is 13.1. The normalized spacial score (nSPS) is 13.3. The van der Waals surface area contributed by atoms with Gasteiger partial charge in [0.05, 0.1) is 14.2 Å². The van der Waals surface area contributed by atoms with Gasteiger partial charge in [-0.2, -0.15) is 13.2 Å². The molecule has 0 bridgehead atoms. The molecule has 2 N–H and O–H groups in total. The number of para-hydroxylation sites is 1. The van der Waals surface area contributed by atoms with Crippen LogP contribution in [0.2, 0.25) is 0 Å². The number of nitrogens with one attached hydrogen (secondary N) is 2. The SMILES string of the molecule is Cc1c(C(F)(F)F)nnc(Oc2c(F)cccc2Br)c1C(=O)Nc1cccc(S(C)(=N)=O)c1. The van der Waals surface area contributed by atoms with Crippen molar-refractivity contribution in [1.29, 1.82) is 4.78 Å². The molecular weight excluding hydrogens is 532 g/mol. The third-order valence-electron chi connectivity index (χ3n) is 4.34. The Morgan fingerprint density at radius 3 is 2.45 bits per heavy atom. The highest BCUT2D eigenvalue weighted by Crippen LogP contribution is 2.37. The number of amides is 1. The van der Waals surface area contributed by atoms with Crippen LogP contribution >= 0.6 is 15.9 Å². The molecule has 33 heavy (non-hydrogen) atoms. The lowest BCUT2D eigenvalue weighted by Crippen LogP contribution is -2.21. The second kappa shape index (κ2) is 9.06. The van der Waals surface area contributed by atoms with E-state index < -0.39 is 56.1 Å². The third-order valence-corrected chi connectivity index (χ3v) is 6.12. The van der Waals surface area contributed by atoms with Gasteiger partial charge in [0.15, 0.2) is 17.3 Å². The fraction of sp³-hybridized carbons (Fsp3) is 0.150. The lowest BCUT2D eigenvalue weighted by molar-refractivity contribution is -0.142. The number of hydrogen-bond acceptors (Lipinski definition) is 6. The third kappa shape index (κ3) is 5.47. The van der Waals surface area contributed by atoms with Crippen molar-refractivity contribution in [1.82, 2.24) is 10.2 Å². The van der Waals surface area contributed by atoms with Gasteiger partial charge in [-0.15, -0.1) is 10.2 Å². The topological polar surface area (TPSA) is 105 Å². The van der Waals surface area contributed by atoms with Gasteiger partial charge >= 0.3 is 6.18 Å². The average Bonchev–Trinajstić information content (AvgIpc) is 2.69. The molecule has 7 nitrogen and oxygen atoms in total. The van der Waals surface area contributed by atoms with Crippen LogP contribution in [0.5, 0.6) is 11.6 Å². The van der Waals surface area contributed by atoms with Crippen molar-refractivity contribution >= 4 is 37.3 Å². The number of aromatic nitrogens is 2. The van der Waals surface area contributed by atoms with Crippen LogP contribution in [0.4, 0.5) is 23.2 Å². The molecule has 3 rings (SSSR count). The molecule has 1 aromatic heterocycles. The van der Waals surface area contributed by atoms with E-state index >= 15 is 0 Å². The number of ether oxygens (including phenoxy) is 1. The monoisotopic (exact) mass is 546 g/mol. The molecule has 1 heterocycles. The second-order valence-electron chi connectivity index (χ2n) is 6.83. The predicted molar refractivity (Wildman–Crippen MR) is 115 cm³/mol. The summed E-state index contributed by atoms with van der Waals surface area (Å²) in [5.74, 6) is -2.96. The maximum atomic E-state index is 14.2. The number of alkyl halides is 3. The Hall–Kier alpha value is -3.06. The number of benzene rings is 2. The molecule has 0 aliphatic carbocycles. The summed E-state index contributed by atoms with van der Waals surface area (Å²) in [6, 6.07) is 9.35. The molecule has 2 aromatic carbocycles. The highest BCUT2D eigenvalue weighted by molar-refractivity contribution is 9.10. The van der Waals surface area contributed by atoms with Crippen LogP contribution in [-0.4, -0.2) is 26.6 Å². The van der Waals surface area contributed by atoms with Gasteiger partial charge in [-0.1, -0.05) is 12.1 Å². The maximum Gasteiger partial charge on any atom is 0.435 e. The number of rotatable bonds is 5. The van der Waals surface area contributed by atoms with Gasteiger partial charge in [-0.05, 0) is 58.7 Å². The van der Waals surface area contributed by atoms with Crippen LogP contribution in [0.25, 0.3) is 0 Å². The number of hydrogen-bond donors (Lipinski definition) is 2. The molecule has 1 atom stereocenters. The minimum absolute atomic E-state index is 0.0714. The number of nitrogens with zero attached hydrogens (tertiary/aromatic N) is 2. The minimum atomic E-state index is -4.91. The van der Waals surface area contributed by atoms with Crippen molar-refractivity contribution in [3.05, 3.63) is 69.6 Å². The summed E-state index contributed by atoms with van der Waals surface area (Å²) >= 11 is 3.07. The first-order valence-electron chi connectivity index (χ1n) is 9.00. The Balaban J connectivity index is 2.11. The highest BCUT2D eigenvalue weighted by Gasteiger charge is 2.38. The largest absolute Gasteiger partial charge is 0.435 e. The van der Waals surface area contributed by atoms with Crippen molar-refractivity contribution in [2.24, 2.45) is 0 Å². The Morgan fingerprint density at radius 2 is 1.85 bits per heavy atom. The standard InChI is InChI=1S/C20H15BrF4N4O3S/c1-10-15(18(30)27-11-5-3-6-12(9-11)33(2,26)31)19(29-28-17(10)20(23,24)25)32-16-13(21)7-4-8-14(16)22/h3-9,26H,1-2H3,(H,27,30). The van der Waals surface area contributed by atoms with E-state index in [2.05, 4.69) is 31.4 Å². The highest BCUT2D eigenvalue weighted by atomic mass is 79.9. The first-order chi connectivity index (χ1) is 15.3. The number of halogens is 5. The molecule has 174 valence electrons. The van der Waals surface area contributed by atoms with E-state index in [4.69, 9.17) is 9.52 Å². The van der Waals surface area contributed by atoms with Crippen LogP contribution in [0, 0.1) is 17.5 Å². The average molecular weight is 547 g/mol. The first-order valence-corrected chi connectivity index (χ1v) is 11.8. The van der Waals surface area contributed by atoms with Crippen LogP contribution in [0.1, 0.15) is 21.6 Å². The van der Waals surface area contributed by atoms with Gasteiger partial charge in [-0.3, -0.25) is 4.79 Å². The molecule has 1 unspecified atom stereocenters. The second-order valence-corrected chi connectivity index (χ2v) is 9.84. The van der Waals surface area contributed by atoms with E-state index in [-0.39, 0.29) is 15.1 Å². The van der Waals surface area contributed by atoms with E-state index in [1.54, 1.807) is 0 Å². The lowest BCUT2D eigenvalue weighted by atomic mass is 10.1. The summed E-state index contributed by atoms with van der Waals surface area (Å²) in [7, 11) is -3.11. The van der Waals surface area contributed by atoms with Crippen LogP contribution < -0.4 is 10.1 Å². The molecule has 0 aliphatic heterocycles. The van der Waals surface area contributed by atoms with Gasteiger partial charge in [0.2, 0.25) is 0 Å². The van der Waals surface area contributed by atoms with E-state index in [1.807, 2.05) is 0 Å². The summed E-state index contributed by atoms with van der Waals surface area (Å²) in [6.07, 6.45) is -3.74. The molecular formula is C20H15BrF4N4O3S. The van der Waals surface area contributed by atoms with Crippen molar-refractivity contribution in [3.8, 4) is 11.6 Å². The van der Waals surface area contributed by atoms with Gasteiger partial charge in [-0.25, -0.2) is 13.4 Å². The Morgan fingerprint density at radius 1 is 1.18 bits per heavy atom. The van der Waals surface area contributed by atoms with E-state index in [0.717, 1.165) is 13.0 Å². The summed E-state index contributed by atoms with van der Waals surface area (Å²) < 4.78 is 79.5. The summed E-state index contributed by atoms with van der Waals surface area (Å²) in [5.41, 5.74) is -2.56. The molecule has 1 amide bonds. The van der Waals surface area contributed by atoms with Gasteiger partial charge in [0, 0.05) is 16.8 Å². The van der Waals surface area contributed by atoms with Gasteiger partial charge in [0.1, 0.15) is 5.56 Å². The summed E-state index contributed by atoms with van der Waals surface area (Å²) in [6.45, 7) is 1.01. The van der Waals surface area contributed by atoms with E-state index in [0.29, 0.717) is 0 Å². The fourth-order valence-corrected chi connectivity index (χ4v) is 3.91. The fourth-order valence-electron chi connectivity index (χ4n) is 2.79. The smallest absolute Gasteiger partial charge is 0.433 e. The number of carbonyl (C=O) groups excluding carboxylic acids is 1. The Kier molecular flexibility index (Phi) is 6.75. The van der Waals surface area contributed by atoms with Crippen LogP contribution in [0.3, 0.4) is 0 Å². The first kappa shape index (κ1) is 24.6. The van der Waals surface area contributed by atoms with Crippen molar-refractivity contribution < 1.29 is 31.3 Å². The van der Waals surface area contributed by atoms with Gasteiger partial charge in [0.25, 0.3) is 11.8 Å². The molecule has 0 saturated heterocycles. The predicted octanol–water partition coefficient (Wildman–Crippen LogP) is 5.79. The van der Waals surface area contributed by atoms with E-state index in [1.165, 1.54) is 42.7 Å². The molecule has 3 aromatic rings. The zero-order chi connectivity index (χ0) is 24.6. The van der Waals surface area contributed by atoms with E-state index in [9.17, 15) is 26.6 Å². The summed E-state index contributed by atoms with van der Waals surface area (Å²) in [5, 5.41) is 8.88. The zero-order valence-corrected chi connectivity index (χ0v) is 19.4. The Labute approximate surface area is 194 Å². The van der Waals surface area contributed by atoms with Crippen LogP contribution in [-0.2, 0) is 15.9 Å². The van der Waals surface area contributed by atoms with Crippen molar-refractivity contribution in [2.45, 2.75) is 18.0 Å². The molecule has 13 heteroatoms.